The molecule has 25 heavy (non-hydrogen) atoms. The predicted molar refractivity (Wildman–Crippen MR) is 99.5 cm³/mol. The number of aromatic nitrogens is 1. The van der Waals surface area contributed by atoms with Crippen LogP contribution in [0.5, 0.6) is 0 Å². The van der Waals surface area contributed by atoms with E-state index in [1.54, 1.807) is 0 Å². The van der Waals surface area contributed by atoms with E-state index < -0.39 is 0 Å². The van der Waals surface area contributed by atoms with Crippen LogP contribution in [0, 0.1) is 0 Å². The zero-order valence-electron chi connectivity index (χ0n) is 13.1. The molecule has 3 aromatic rings. The van der Waals surface area contributed by atoms with Gasteiger partial charge >= 0.3 is 0 Å². The third-order valence-corrected chi connectivity index (χ3v) is 4.17. The van der Waals surface area contributed by atoms with Gasteiger partial charge in [-0.1, -0.05) is 17.3 Å². The van der Waals surface area contributed by atoms with Crippen molar-refractivity contribution in [3.8, 4) is 11.1 Å². The number of fused-ring (bicyclic) bond motifs is 3. The van der Waals surface area contributed by atoms with E-state index in [9.17, 15) is 4.79 Å². The molecule has 1 aliphatic rings. The maximum Gasteiger partial charge on any atom is 0.294 e. The number of amides is 1. The molecule has 0 bridgehead atoms. The molecule has 6 nitrogen and oxygen atoms in total. The lowest BCUT2D eigenvalue weighted by Gasteiger charge is -2.07. The van der Waals surface area contributed by atoms with Gasteiger partial charge in [0, 0.05) is 17.4 Å². The third kappa shape index (κ3) is 2.97. The van der Waals surface area contributed by atoms with E-state index in [1.165, 1.54) is 23.4 Å². The Hall–Kier alpha value is -3.19. The normalized spacial score (nSPS) is 11.5. The average molecular weight is 350 g/mol. The lowest BCUT2D eigenvalue weighted by molar-refractivity contribution is 0.0988. The van der Waals surface area contributed by atoms with Crippen LogP contribution in [0.15, 0.2) is 53.2 Å². The highest BCUT2D eigenvalue weighted by Gasteiger charge is 2.20. The standard InChI is InChI=1S/C18H14N4O2S/c19-18(25)22-13-2-4-15-11(9-13)7-10-8-12(1-3-14(10)15)21-17(23)16-5-6-20-24-16/h1-6,8-9H,7H2,(H,21,23)(H3,19,22,25). The highest BCUT2D eigenvalue weighted by atomic mass is 32.1. The van der Waals surface area contributed by atoms with Gasteiger partial charge in [-0.2, -0.15) is 0 Å². The predicted octanol–water partition coefficient (Wildman–Crippen LogP) is 3.15. The molecule has 0 radical (unpaired) electrons. The number of nitrogens with zero attached hydrogens (tertiary/aromatic N) is 1. The van der Waals surface area contributed by atoms with E-state index in [4.69, 9.17) is 22.5 Å². The molecule has 1 aromatic heterocycles. The van der Waals surface area contributed by atoms with Crippen LogP contribution in [0.4, 0.5) is 11.4 Å². The number of thiocarbonyl (C=S) groups is 1. The lowest BCUT2D eigenvalue weighted by Crippen LogP contribution is -2.18. The Balaban J connectivity index is 1.58. The molecule has 0 saturated carbocycles. The molecule has 1 heterocycles. The summed E-state index contributed by atoms with van der Waals surface area (Å²) in [7, 11) is 0. The highest BCUT2D eigenvalue weighted by molar-refractivity contribution is 7.80. The summed E-state index contributed by atoms with van der Waals surface area (Å²) in [6.07, 6.45) is 2.22. The molecule has 1 aliphatic carbocycles. The van der Waals surface area contributed by atoms with E-state index in [1.807, 2.05) is 30.3 Å². The minimum absolute atomic E-state index is 0.178. The van der Waals surface area contributed by atoms with Gasteiger partial charge in [0.05, 0.1) is 6.20 Å². The zero-order valence-corrected chi connectivity index (χ0v) is 13.9. The van der Waals surface area contributed by atoms with Gasteiger partial charge in [-0.3, -0.25) is 4.79 Å². The van der Waals surface area contributed by atoms with E-state index >= 15 is 0 Å². The number of nitrogens with one attached hydrogen (secondary N) is 2. The van der Waals surface area contributed by atoms with Crippen LogP contribution in [0.2, 0.25) is 0 Å². The summed E-state index contributed by atoms with van der Waals surface area (Å²) in [6, 6.07) is 13.4. The van der Waals surface area contributed by atoms with Crippen molar-refractivity contribution in [2.24, 2.45) is 5.73 Å². The molecule has 4 N–H and O–H groups in total. The van der Waals surface area contributed by atoms with Gasteiger partial charge in [0.1, 0.15) is 0 Å². The quantitative estimate of drug-likeness (QED) is 0.492. The zero-order chi connectivity index (χ0) is 17.4. The molecular formula is C18H14N4O2S. The Morgan fingerprint density at radius 3 is 2.24 bits per heavy atom. The van der Waals surface area contributed by atoms with Gasteiger partial charge in [-0.15, -0.1) is 0 Å². The van der Waals surface area contributed by atoms with Crippen LogP contribution in [-0.4, -0.2) is 16.2 Å². The second-order valence-corrected chi connectivity index (χ2v) is 6.18. The van der Waals surface area contributed by atoms with E-state index in [2.05, 4.69) is 21.9 Å². The van der Waals surface area contributed by atoms with Crippen molar-refractivity contribution in [2.45, 2.75) is 6.42 Å². The van der Waals surface area contributed by atoms with Crippen molar-refractivity contribution in [3.05, 3.63) is 65.5 Å². The maximum atomic E-state index is 12.1. The third-order valence-electron chi connectivity index (χ3n) is 4.07. The van der Waals surface area contributed by atoms with Crippen LogP contribution in [0.1, 0.15) is 21.7 Å². The van der Waals surface area contributed by atoms with Crippen molar-refractivity contribution in [1.82, 2.24) is 5.16 Å². The molecule has 1 amide bonds. The fourth-order valence-corrected chi connectivity index (χ4v) is 3.15. The summed E-state index contributed by atoms with van der Waals surface area (Å²) in [4.78, 5) is 12.1. The summed E-state index contributed by atoms with van der Waals surface area (Å²) in [6.45, 7) is 0. The number of hydrogen-bond acceptors (Lipinski definition) is 4. The number of benzene rings is 2. The Labute approximate surface area is 149 Å². The topological polar surface area (TPSA) is 93.2 Å². The number of hydrogen-bond donors (Lipinski definition) is 3. The van der Waals surface area contributed by atoms with Crippen LogP contribution >= 0.6 is 12.2 Å². The molecular weight excluding hydrogens is 336 g/mol. The smallest absolute Gasteiger partial charge is 0.294 e. The molecule has 4 rings (SSSR count). The summed E-state index contributed by atoms with van der Waals surface area (Å²) in [5, 5.41) is 9.55. The minimum atomic E-state index is -0.323. The molecule has 0 atom stereocenters. The monoisotopic (exact) mass is 350 g/mol. The molecule has 0 saturated heterocycles. The summed E-state index contributed by atoms with van der Waals surface area (Å²) in [5.74, 6) is -0.145. The van der Waals surface area contributed by atoms with Crippen molar-refractivity contribution in [2.75, 3.05) is 10.6 Å². The summed E-state index contributed by atoms with van der Waals surface area (Å²) in [5.41, 5.74) is 11.8. The van der Waals surface area contributed by atoms with E-state index in [-0.39, 0.29) is 16.8 Å². The van der Waals surface area contributed by atoms with Crippen LogP contribution in [-0.2, 0) is 6.42 Å². The molecule has 0 aliphatic heterocycles. The van der Waals surface area contributed by atoms with Crippen molar-refractivity contribution in [1.29, 1.82) is 0 Å². The van der Waals surface area contributed by atoms with Gasteiger partial charge in [0.2, 0.25) is 5.76 Å². The van der Waals surface area contributed by atoms with Gasteiger partial charge in [0.15, 0.2) is 5.11 Å². The van der Waals surface area contributed by atoms with Crippen molar-refractivity contribution < 1.29 is 9.32 Å². The summed E-state index contributed by atoms with van der Waals surface area (Å²) < 4.78 is 4.87. The fraction of sp³-hybridized carbons (Fsp3) is 0.0556. The molecule has 124 valence electrons. The second kappa shape index (κ2) is 6.03. The number of anilines is 2. The van der Waals surface area contributed by atoms with Gasteiger partial charge in [-0.05, 0) is 65.2 Å². The highest BCUT2D eigenvalue weighted by Crippen LogP contribution is 2.39. The first-order chi connectivity index (χ1) is 12.1. The minimum Gasteiger partial charge on any atom is -0.376 e. The van der Waals surface area contributed by atoms with Crippen LogP contribution in [0.3, 0.4) is 0 Å². The van der Waals surface area contributed by atoms with Crippen molar-refractivity contribution in [3.63, 3.8) is 0 Å². The van der Waals surface area contributed by atoms with E-state index in [0.717, 1.165) is 28.9 Å². The van der Waals surface area contributed by atoms with Gasteiger partial charge in [-0.25, -0.2) is 0 Å². The molecule has 2 aromatic carbocycles. The number of rotatable bonds is 3. The molecule has 0 unspecified atom stereocenters. The maximum absolute atomic E-state index is 12.1. The second-order valence-electron chi connectivity index (χ2n) is 5.74. The Morgan fingerprint density at radius 1 is 1.04 bits per heavy atom. The van der Waals surface area contributed by atoms with Gasteiger partial charge in [0.25, 0.3) is 5.91 Å². The van der Waals surface area contributed by atoms with Crippen molar-refractivity contribution >= 4 is 34.6 Å². The first-order valence-electron chi connectivity index (χ1n) is 7.65. The fourth-order valence-electron chi connectivity index (χ4n) is 3.03. The molecule has 0 fully saturated rings. The van der Waals surface area contributed by atoms with E-state index in [0.29, 0.717) is 0 Å². The number of carbonyl (C=O) groups is 1. The largest absolute Gasteiger partial charge is 0.376 e. The lowest BCUT2D eigenvalue weighted by atomic mass is 10.0. The first-order valence-corrected chi connectivity index (χ1v) is 8.06. The van der Waals surface area contributed by atoms with Crippen LogP contribution < -0.4 is 16.4 Å². The SMILES string of the molecule is NC(=S)Nc1ccc2c(c1)Cc1cc(NC(=O)c3ccno3)ccc1-2. The Bertz CT molecular complexity index is 983. The summed E-state index contributed by atoms with van der Waals surface area (Å²) >= 11 is 4.88. The molecule has 7 heteroatoms. The van der Waals surface area contributed by atoms with Crippen LogP contribution in [0.25, 0.3) is 11.1 Å². The average Bonchev–Trinajstić information content (AvgIpc) is 3.21. The Morgan fingerprint density at radius 2 is 1.68 bits per heavy atom. The molecule has 0 spiro atoms. The first kappa shape index (κ1) is 15.3. The Kier molecular flexibility index (Phi) is 3.70. The van der Waals surface area contributed by atoms with Gasteiger partial charge < -0.3 is 20.9 Å². The number of nitrogens with two attached hydrogens (primary N) is 1. The number of carbonyl (C=O) groups excluding carboxylic acids is 1.